The molecule has 1 aliphatic carbocycles. The standard InChI is InChI=1S/C14H22N2O2/c1-2-13-12(7-10-18-13)14(17)16(9-8-15)11-5-3-4-6-11/h11-13H,2-7,9-10H2,1H3. The molecule has 2 atom stereocenters. The Morgan fingerprint density at radius 1 is 1.39 bits per heavy atom. The van der Waals surface area contributed by atoms with Crippen LogP contribution in [-0.2, 0) is 9.53 Å². The minimum absolute atomic E-state index is 0.0241. The molecule has 2 rings (SSSR count). The van der Waals surface area contributed by atoms with Crippen LogP contribution in [0.4, 0.5) is 0 Å². The van der Waals surface area contributed by atoms with E-state index in [1.165, 1.54) is 12.8 Å². The van der Waals surface area contributed by atoms with E-state index in [2.05, 4.69) is 13.0 Å². The number of hydrogen-bond acceptors (Lipinski definition) is 3. The van der Waals surface area contributed by atoms with Crippen LogP contribution in [0, 0.1) is 17.2 Å². The Morgan fingerprint density at radius 3 is 2.72 bits per heavy atom. The molecule has 1 heterocycles. The molecule has 0 N–H and O–H groups in total. The molecule has 1 amide bonds. The summed E-state index contributed by atoms with van der Waals surface area (Å²) in [6.07, 6.45) is 6.21. The third-order valence-electron chi connectivity index (χ3n) is 4.22. The van der Waals surface area contributed by atoms with E-state index in [1.807, 2.05) is 4.90 Å². The van der Waals surface area contributed by atoms with Gasteiger partial charge in [-0.1, -0.05) is 19.8 Å². The van der Waals surface area contributed by atoms with Gasteiger partial charge in [0.2, 0.25) is 5.91 Å². The van der Waals surface area contributed by atoms with Crippen molar-refractivity contribution in [2.45, 2.75) is 57.6 Å². The van der Waals surface area contributed by atoms with Gasteiger partial charge in [-0.2, -0.15) is 5.26 Å². The van der Waals surface area contributed by atoms with Gasteiger partial charge in [0, 0.05) is 12.6 Å². The number of nitrogens with zero attached hydrogens (tertiary/aromatic N) is 2. The van der Waals surface area contributed by atoms with E-state index in [4.69, 9.17) is 10.00 Å². The average molecular weight is 250 g/mol. The summed E-state index contributed by atoms with van der Waals surface area (Å²) in [7, 11) is 0. The zero-order valence-electron chi connectivity index (χ0n) is 11.1. The Bertz CT molecular complexity index is 331. The summed E-state index contributed by atoms with van der Waals surface area (Å²) in [6.45, 7) is 2.97. The summed E-state index contributed by atoms with van der Waals surface area (Å²) in [5.41, 5.74) is 0. The van der Waals surface area contributed by atoms with Gasteiger partial charge in [-0.15, -0.1) is 0 Å². The van der Waals surface area contributed by atoms with Gasteiger partial charge < -0.3 is 9.64 Å². The first-order chi connectivity index (χ1) is 8.77. The van der Waals surface area contributed by atoms with Crippen molar-refractivity contribution < 1.29 is 9.53 Å². The third-order valence-corrected chi connectivity index (χ3v) is 4.22. The van der Waals surface area contributed by atoms with Crippen molar-refractivity contribution in [3.8, 4) is 6.07 Å². The molecule has 0 aromatic rings. The summed E-state index contributed by atoms with van der Waals surface area (Å²) in [4.78, 5) is 14.4. The fourth-order valence-corrected chi connectivity index (χ4v) is 3.23. The molecule has 1 aliphatic heterocycles. The molecule has 1 saturated heterocycles. The second-order valence-corrected chi connectivity index (χ2v) is 5.28. The minimum atomic E-state index is -0.0241. The Labute approximate surface area is 109 Å². The zero-order chi connectivity index (χ0) is 13.0. The molecule has 0 bridgehead atoms. The highest BCUT2D eigenvalue weighted by Gasteiger charge is 2.38. The molecule has 100 valence electrons. The highest BCUT2D eigenvalue weighted by Crippen LogP contribution is 2.29. The monoisotopic (exact) mass is 250 g/mol. The number of nitriles is 1. The molecule has 0 aromatic heterocycles. The molecule has 4 heteroatoms. The number of carbonyl (C=O) groups excluding carboxylic acids is 1. The lowest BCUT2D eigenvalue weighted by atomic mass is 9.97. The maximum Gasteiger partial charge on any atom is 0.229 e. The van der Waals surface area contributed by atoms with Crippen molar-refractivity contribution in [3.05, 3.63) is 0 Å². The molecular weight excluding hydrogens is 228 g/mol. The SMILES string of the molecule is CCC1OCCC1C(=O)N(CC#N)C1CCCC1. The van der Waals surface area contributed by atoms with E-state index in [-0.39, 0.29) is 30.5 Å². The minimum Gasteiger partial charge on any atom is -0.377 e. The summed E-state index contributed by atoms with van der Waals surface area (Å²) >= 11 is 0. The zero-order valence-corrected chi connectivity index (χ0v) is 11.1. The van der Waals surface area contributed by atoms with Crippen molar-refractivity contribution in [2.75, 3.05) is 13.2 Å². The summed E-state index contributed by atoms with van der Waals surface area (Å²) in [6, 6.07) is 2.43. The van der Waals surface area contributed by atoms with Crippen molar-refractivity contribution in [1.29, 1.82) is 5.26 Å². The molecule has 0 spiro atoms. The van der Waals surface area contributed by atoms with Gasteiger partial charge in [0.05, 0.1) is 18.1 Å². The van der Waals surface area contributed by atoms with Crippen molar-refractivity contribution in [2.24, 2.45) is 5.92 Å². The fraction of sp³-hybridized carbons (Fsp3) is 0.857. The molecule has 2 fully saturated rings. The lowest BCUT2D eigenvalue weighted by molar-refractivity contribution is -0.138. The average Bonchev–Trinajstić information content (AvgIpc) is 3.05. The largest absolute Gasteiger partial charge is 0.377 e. The van der Waals surface area contributed by atoms with E-state index < -0.39 is 0 Å². The smallest absolute Gasteiger partial charge is 0.229 e. The lowest BCUT2D eigenvalue weighted by Gasteiger charge is -2.30. The van der Waals surface area contributed by atoms with Crippen molar-refractivity contribution in [1.82, 2.24) is 4.90 Å². The van der Waals surface area contributed by atoms with Gasteiger partial charge in [0.25, 0.3) is 0 Å². The molecule has 1 saturated carbocycles. The molecule has 2 unspecified atom stereocenters. The van der Waals surface area contributed by atoms with Crippen LogP contribution in [0.1, 0.15) is 45.4 Å². The highest BCUT2D eigenvalue weighted by atomic mass is 16.5. The van der Waals surface area contributed by atoms with Crippen molar-refractivity contribution in [3.63, 3.8) is 0 Å². The van der Waals surface area contributed by atoms with Gasteiger partial charge in [-0.25, -0.2) is 0 Å². The van der Waals surface area contributed by atoms with E-state index in [1.54, 1.807) is 0 Å². The summed E-state index contributed by atoms with van der Waals surface area (Å²) in [5.74, 6) is 0.122. The summed E-state index contributed by atoms with van der Waals surface area (Å²) in [5, 5.41) is 8.94. The van der Waals surface area contributed by atoms with Gasteiger partial charge in [-0.3, -0.25) is 4.79 Å². The normalized spacial score (nSPS) is 28.2. The van der Waals surface area contributed by atoms with Crippen LogP contribution < -0.4 is 0 Å². The second-order valence-electron chi connectivity index (χ2n) is 5.28. The van der Waals surface area contributed by atoms with E-state index in [9.17, 15) is 4.79 Å². The van der Waals surface area contributed by atoms with E-state index >= 15 is 0 Å². The van der Waals surface area contributed by atoms with Crippen LogP contribution in [0.2, 0.25) is 0 Å². The van der Waals surface area contributed by atoms with Crippen LogP contribution in [0.3, 0.4) is 0 Å². The van der Waals surface area contributed by atoms with E-state index in [0.29, 0.717) is 6.61 Å². The fourth-order valence-electron chi connectivity index (χ4n) is 3.23. The number of rotatable bonds is 4. The van der Waals surface area contributed by atoms with Crippen LogP contribution in [0.15, 0.2) is 0 Å². The van der Waals surface area contributed by atoms with Crippen LogP contribution in [0.5, 0.6) is 0 Å². The summed E-state index contributed by atoms with van der Waals surface area (Å²) < 4.78 is 5.60. The first-order valence-electron chi connectivity index (χ1n) is 7.07. The predicted octanol–water partition coefficient (Wildman–Crippen LogP) is 2.10. The van der Waals surface area contributed by atoms with Crippen LogP contribution in [0.25, 0.3) is 0 Å². The Kier molecular flexibility index (Phi) is 4.60. The molecule has 0 radical (unpaired) electrons. The molecule has 4 nitrogen and oxygen atoms in total. The van der Waals surface area contributed by atoms with Crippen LogP contribution >= 0.6 is 0 Å². The van der Waals surface area contributed by atoms with Gasteiger partial charge in [0.1, 0.15) is 6.54 Å². The van der Waals surface area contributed by atoms with Crippen LogP contribution in [-0.4, -0.2) is 36.1 Å². The molecule has 18 heavy (non-hydrogen) atoms. The third kappa shape index (κ3) is 2.67. The highest BCUT2D eigenvalue weighted by molar-refractivity contribution is 5.80. The Morgan fingerprint density at radius 2 is 2.11 bits per heavy atom. The topological polar surface area (TPSA) is 53.3 Å². The predicted molar refractivity (Wildman–Crippen MR) is 67.7 cm³/mol. The Balaban J connectivity index is 2.05. The molecule has 2 aliphatic rings. The van der Waals surface area contributed by atoms with Crippen molar-refractivity contribution >= 4 is 5.91 Å². The maximum atomic E-state index is 12.6. The number of hydrogen-bond donors (Lipinski definition) is 0. The number of amides is 1. The quantitative estimate of drug-likeness (QED) is 0.718. The van der Waals surface area contributed by atoms with Gasteiger partial charge in [-0.05, 0) is 25.7 Å². The first-order valence-corrected chi connectivity index (χ1v) is 7.07. The molecule has 0 aromatic carbocycles. The lowest BCUT2D eigenvalue weighted by Crippen LogP contribution is -2.44. The maximum absolute atomic E-state index is 12.6. The van der Waals surface area contributed by atoms with Gasteiger partial charge >= 0.3 is 0 Å². The Hall–Kier alpha value is -1.08. The second kappa shape index (κ2) is 6.19. The number of carbonyl (C=O) groups is 1. The molecular formula is C14H22N2O2. The number of ether oxygens (including phenoxy) is 1. The van der Waals surface area contributed by atoms with E-state index in [0.717, 1.165) is 25.7 Å². The van der Waals surface area contributed by atoms with Gasteiger partial charge in [0.15, 0.2) is 0 Å². The first kappa shape index (κ1) is 13.4.